The van der Waals surface area contributed by atoms with Gasteiger partial charge < -0.3 is 4.74 Å². The summed E-state index contributed by atoms with van der Waals surface area (Å²) in [4.78, 5) is 12.2. The van der Waals surface area contributed by atoms with E-state index in [1.807, 2.05) is 17.5 Å². The van der Waals surface area contributed by atoms with E-state index in [2.05, 4.69) is 0 Å². The molecule has 0 N–H and O–H groups in total. The Morgan fingerprint density at radius 1 is 1.46 bits per heavy atom. The van der Waals surface area contributed by atoms with Crippen molar-refractivity contribution < 1.29 is 9.53 Å². The molecule has 1 aromatic rings. The fourth-order valence-corrected chi connectivity index (χ4v) is 2.22. The van der Waals surface area contributed by atoms with E-state index >= 15 is 0 Å². The highest BCUT2D eigenvalue weighted by Crippen LogP contribution is 2.22. The Morgan fingerprint density at radius 2 is 2.23 bits per heavy atom. The van der Waals surface area contributed by atoms with Crippen LogP contribution in [0, 0.1) is 0 Å². The Morgan fingerprint density at radius 3 is 2.85 bits per heavy atom. The zero-order chi connectivity index (χ0) is 9.10. The van der Waals surface area contributed by atoms with Crippen LogP contribution in [-0.2, 0) is 4.74 Å². The van der Waals surface area contributed by atoms with Crippen LogP contribution in [0.5, 0.6) is 0 Å². The molecular formula is C10H12O2S. The van der Waals surface area contributed by atoms with E-state index in [4.69, 9.17) is 4.74 Å². The number of thiophene rings is 1. The predicted octanol–water partition coefficient (Wildman–Crippen LogP) is 2.85. The molecule has 0 atom stereocenters. The fraction of sp³-hybridized carbons (Fsp3) is 0.500. The van der Waals surface area contributed by atoms with E-state index in [1.54, 1.807) is 0 Å². The van der Waals surface area contributed by atoms with E-state index < -0.39 is 0 Å². The molecule has 0 saturated heterocycles. The number of hydrogen-bond acceptors (Lipinski definition) is 3. The van der Waals surface area contributed by atoms with Crippen LogP contribution in [0.2, 0.25) is 0 Å². The van der Waals surface area contributed by atoms with Crippen LogP contribution in [0.4, 0.5) is 0 Å². The molecule has 0 aromatic carbocycles. The molecule has 2 rings (SSSR count). The highest BCUT2D eigenvalue weighted by Gasteiger charge is 2.20. The average molecular weight is 196 g/mol. The Labute approximate surface area is 81.5 Å². The van der Waals surface area contributed by atoms with E-state index in [9.17, 15) is 4.79 Å². The Kier molecular flexibility index (Phi) is 2.64. The maximum atomic E-state index is 11.4. The standard InChI is InChI=1S/C10H12O2S/c11-10(9-6-3-7-13-9)12-8-4-1-2-5-8/h3,6-8H,1-2,4-5H2. The fourth-order valence-electron chi connectivity index (χ4n) is 1.61. The van der Waals surface area contributed by atoms with Crippen LogP contribution >= 0.6 is 11.3 Å². The van der Waals surface area contributed by atoms with Crippen molar-refractivity contribution in [1.29, 1.82) is 0 Å². The summed E-state index contributed by atoms with van der Waals surface area (Å²) in [5.41, 5.74) is 0. The lowest BCUT2D eigenvalue weighted by Gasteiger charge is -2.09. The molecule has 1 fully saturated rings. The summed E-state index contributed by atoms with van der Waals surface area (Å²) in [6.07, 6.45) is 4.65. The lowest BCUT2D eigenvalue weighted by molar-refractivity contribution is 0.0324. The van der Waals surface area contributed by atoms with Crippen LogP contribution in [-0.4, -0.2) is 12.1 Å². The van der Waals surface area contributed by atoms with Crippen LogP contribution in [0.15, 0.2) is 17.5 Å². The van der Waals surface area contributed by atoms with Crippen molar-refractivity contribution in [3.63, 3.8) is 0 Å². The van der Waals surface area contributed by atoms with Gasteiger partial charge in [0.1, 0.15) is 11.0 Å². The van der Waals surface area contributed by atoms with Gasteiger partial charge in [0.25, 0.3) is 0 Å². The van der Waals surface area contributed by atoms with Crippen molar-refractivity contribution in [2.75, 3.05) is 0 Å². The van der Waals surface area contributed by atoms with Crippen molar-refractivity contribution >= 4 is 17.3 Å². The lowest BCUT2D eigenvalue weighted by Crippen LogP contribution is -2.13. The summed E-state index contributed by atoms with van der Waals surface area (Å²) < 4.78 is 5.33. The summed E-state index contributed by atoms with van der Waals surface area (Å²) in [5.74, 6) is -0.151. The molecule has 1 aliphatic carbocycles. The summed E-state index contributed by atoms with van der Waals surface area (Å²) in [7, 11) is 0. The van der Waals surface area contributed by atoms with Gasteiger partial charge in [0.15, 0.2) is 0 Å². The van der Waals surface area contributed by atoms with Gasteiger partial charge in [-0.3, -0.25) is 0 Å². The molecule has 0 radical (unpaired) electrons. The molecule has 2 nitrogen and oxygen atoms in total. The summed E-state index contributed by atoms with van der Waals surface area (Å²) >= 11 is 1.44. The number of carbonyl (C=O) groups excluding carboxylic acids is 1. The summed E-state index contributed by atoms with van der Waals surface area (Å²) in [6.45, 7) is 0. The first-order valence-electron chi connectivity index (χ1n) is 4.61. The maximum Gasteiger partial charge on any atom is 0.348 e. The van der Waals surface area contributed by atoms with E-state index in [-0.39, 0.29) is 12.1 Å². The van der Waals surface area contributed by atoms with Gasteiger partial charge >= 0.3 is 5.97 Å². The molecule has 0 amide bonds. The largest absolute Gasteiger partial charge is 0.458 e. The second-order valence-corrected chi connectivity index (χ2v) is 4.24. The summed E-state index contributed by atoms with van der Waals surface area (Å²) in [6, 6.07) is 3.68. The van der Waals surface area contributed by atoms with Crippen LogP contribution in [0.25, 0.3) is 0 Å². The third kappa shape index (κ3) is 2.10. The summed E-state index contributed by atoms with van der Waals surface area (Å²) in [5, 5.41) is 1.89. The Balaban J connectivity index is 1.91. The van der Waals surface area contributed by atoms with E-state index in [1.165, 1.54) is 24.2 Å². The third-order valence-electron chi connectivity index (χ3n) is 2.30. The van der Waals surface area contributed by atoms with Gasteiger partial charge in [-0.05, 0) is 37.1 Å². The van der Waals surface area contributed by atoms with Gasteiger partial charge in [-0.25, -0.2) is 4.79 Å². The maximum absolute atomic E-state index is 11.4. The predicted molar refractivity (Wildman–Crippen MR) is 52.0 cm³/mol. The van der Waals surface area contributed by atoms with Gasteiger partial charge in [-0.15, -0.1) is 11.3 Å². The molecule has 1 heterocycles. The number of esters is 1. The number of carbonyl (C=O) groups is 1. The first kappa shape index (κ1) is 8.75. The van der Waals surface area contributed by atoms with Crippen LogP contribution in [0.1, 0.15) is 35.4 Å². The molecule has 0 spiro atoms. The van der Waals surface area contributed by atoms with Gasteiger partial charge in [-0.1, -0.05) is 6.07 Å². The van der Waals surface area contributed by atoms with E-state index in [0.717, 1.165) is 12.8 Å². The Hall–Kier alpha value is -0.830. The third-order valence-corrected chi connectivity index (χ3v) is 3.15. The minimum absolute atomic E-state index is 0.151. The molecule has 13 heavy (non-hydrogen) atoms. The first-order valence-corrected chi connectivity index (χ1v) is 5.49. The van der Waals surface area contributed by atoms with Crippen molar-refractivity contribution in [3.05, 3.63) is 22.4 Å². The molecule has 0 aliphatic heterocycles. The smallest absolute Gasteiger partial charge is 0.348 e. The number of hydrogen-bond donors (Lipinski definition) is 0. The van der Waals surface area contributed by atoms with Gasteiger partial charge in [0.05, 0.1) is 0 Å². The highest BCUT2D eigenvalue weighted by atomic mass is 32.1. The molecule has 0 bridgehead atoms. The normalized spacial score (nSPS) is 17.5. The van der Waals surface area contributed by atoms with Crippen molar-refractivity contribution in [3.8, 4) is 0 Å². The van der Waals surface area contributed by atoms with Crippen LogP contribution < -0.4 is 0 Å². The minimum Gasteiger partial charge on any atom is -0.458 e. The van der Waals surface area contributed by atoms with Gasteiger partial charge in [0, 0.05) is 0 Å². The van der Waals surface area contributed by atoms with Gasteiger partial charge in [0.2, 0.25) is 0 Å². The van der Waals surface area contributed by atoms with Crippen molar-refractivity contribution in [2.24, 2.45) is 0 Å². The molecule has 70 valence electrons. The van der Waals surface area contributed by atoms with Crippen molar-refractivity contribution in [2.45, 2.75) is 31.8 Å². The monoisotopic (exact) mass is 196 g/mol. The minimum atomic E-state index is -0.151. The number of ether oxygens (including phenoxy) is 1. The SMILES string of the molecule is O=C(OC1CCCC1)c1cccs1. The molecule has 1 aromatic heterocycles. The topological polar surface area (TPSA) is 26.3 Å². The molecule has 1 aliphatic rings. The van der Waals surface area contributed by atoms with Gasteiger partial charge in [-0.2, -0.15) is 0 Å². The Bertz CT molecular complexity index is 273. The zero-order valence-corrected chi connectivity index (χ0v) is 8.18. The highest BCUT2D eigenvalue weighted by molar-refractivity contribution is 7.11. The van der Waals surface area contributed by atoms with E-state index in [0.29, 0.717) is 4.88 Å². The second-order valence-electron chi connectivity index (χ2n) is 3.29. The van der Waals surface area contributed by atoms with Crippen molar-refractivity contribution in [1.82, 2.24) is 0 Å². The molecular weight excluding hydrogens is 184 g/mol. The quantitative estimate of drug-likeness (QED) is 0.680. The van der Waals surface area contributed by atoms with Crippen LogP contribution in [0.3, 0.4) is 0 Å². The first-order chi connectivity index (χ1) is 6.36. The lowest BCUT2D eigenvalue weighted by atomic mass is 10.3. The molecule has 3 heteroatoms. The molecule has 1 saturated carbocycles. The number of rotatable bonds is 2. The molecule has 0 unspecified atom stereocenters. The second kappa shape index (κ2) is 3.92. The zero-order valence-electron chi connectivity index (χ0n) is 7.36. The average Bonchev–Trinajstić information content (AvgIpc) is 2.74.